The van der Waals surface area contributed by atoms with Crippen LogP contribution in [0.25, 0.3) is 0 Å². The number of aliphatic hydroxyl groups is 1. The number of benzene rings is 1. The summed E-state index contributed by atoms with van der Waals surface area (Å²) in [5.41, 5.74) is 0.308. The molecule has 1 fully saturated rings. The average molecular weight is 314 g/mol. The fourth-order valence-electron chi connectivity index (χ4n) is 2.25. The molecule has 1 aliphatic rings. The predicted molar refractivity (Wildman–Crippen MR) is 71.5 cm³/mol. The number of carbonyl (C=O) groups excluding carboxylic acids is 1. The number of hydrogen-bond acceptors (Lipinski definition) is 3. The lowest BCUT2D eigenvalue weighted by Gasteiger charge is -2.32. The molecule has 5 heteroatoms. The lowest BCUT2D eigenvalue weighted by molar-refractivity contribution is 0.0618. The highest BCUT2D eigenvalue weighted by atomic mass is 79.9. The number of halogens is 1. The van der Waals surface area contributed by atoms with E-state index in [0.717, 1.165) is 17.3 Å². The van der Waals surface area contributed by atoms with Crippen LogP contribution in [0, 0.1) is 5.92 Å². The molecule has 0 aliphatic carbocycles. The Morgan fingerprint density at radius 3 is 3.00 bits per heavy atom. The number of piperidine rings is 1. The van der Waals surface area contributed by atoms with Crippen molar-refractivity contribution in [1.29, 1.82) is 0 Å². The van der Waals surface area contributed by atoms with Crippen molar-refractivity contribution >= 4 is 21.8 Å². The van der Waals surface area contributed by atoms with E-state index in [0.29, 0.717) is 18.7 Å². The Labute approximate surface area is 114 Å². The lowest BCUT2D eigenvalue weighted by Crippen LogP contribution is -2.40. The first-order chi connectivity index (χ1) is 8.61. The molecule has 0 spiro atoms. The summed E-state index contributed by atoms with van der Waals surface area (Å²) in [5, 5.41) is 18.9. The van der Waals surface area contributed by atoms with Gasteiger partial charge in [0.15, 0.2) is 0 Å². The molecule has 1 heterocycles. The van der Waals surface area contributed by atoms with Crippen molar-refractivity contribution in [3.05, 3.63) is 28.2 Å². The van der Waals surface area contributed by atoms with Gasteiger partial charge in [0.2, 0.25) is 0 Å². The number of hydrogen-bond donors (Lipinski definition) is 2. The van der Waals surface area contributed by atoms with Crippen LogP contribution >= 0.6 is 15.9 Å². The summed E-state index contributed by atoms with van der Waals surface area (Å²) in [6.45, 7) is 1.34. The molecule has 2 N–H and O–H groups in total. The number of carbonyl (C=O) groups is 1. The van der Waals surface area contributed by atoms with E-state index in [1.54, 1.807) is 17.0 Å². The van der Waals surface area contributed by atoms with E-state index in [1.165, 1.54) is 6.07 Å². The van der Waals surface area contributed by atoms with Crippen LogP contribution in [0.3, 0.4) is 0 Å². The van der Waals surface area contributed by atoms with Gasteiger partial charge in [0.25, 0.3) is 5.91 Å². The van der Waals surface area contributed by atoms with Gasteiger partial charge in [0, 0.05) is 24.2 Å². The first-order valence-electron chi connectivity index (χ1n) is 6.00. The third-order valence-electron chi connectivity index (χ3n) is 3.25. The van der Waals surface area contributed by atoms with Crippen LogP contribution in [-0.2, 0) is 0 Å². The second-order valence-corrected chi connectivity index (χ2v) is 5.52. The Balaban J connectivity index is 2.17. The quantitative estimate of drug-likeness (QED) is 0.878. The fraction of sp³-hybridized carbons (Fsp3) is 0.462. The van der Waals surface area contributed by atoms with Crippen LogP contribution in [0.15, 0.2) is 22.7 Å². The van der Waals surface area contributed by atoms with Gasteiger partial charge in [0.05, 0.1) is 5.56 Å². The van der Waals surface area contributed by atoms with E-state index < -0.39 is 0 Å². The zero-order valence-electron chi connectivity index (χ0n) is 9.97. The summed E-state index contributed by atoms with van der Waals surface area (Å²) >= 11 is 3.29. The largest absolute Gasteiger partial charge is 0.507 e. The molecule has 0 bridgehead atoms. The van der Waals surface area contributed by atoms with Crippen molar-refractivity contribution in [2.75, 3.05) is 19.7 Å². The number of likely N-dealkylation sites (tertiary alicyclic amines) is 1. The zero-order valence-corrected chi connectivity index (χ0v) is 11.6. The molecule has 1 aromatic carbocycles. The number of nitrogens with zero attached hydrogens (tertiary/aromatic N) is 1. The summed E-state index contributed by atoms with van der Waals surface area (Å²) in [4.78, 5) is 14.0. The van der Waals surface area contributed by atoms with E-state index in [9.17, 15) is 9.90 Å². The van der Waals surface area contributed by atoms with Gasteiger partial charge in [0.1, 0.15) is 5.75 Å². The monoisotopic (exact) mass is 313 g/mol. The number of aliphatic hydroxyl groups excluding tert-OH is 1. The maximum absolute atomic E-state index is 12.3. The van der Waals surface area contributed by atoms with Crippen LogP contribution in [-0.4, -0.2) is 40.7 Å². The van der Waals surface area contributed by atoms with Gasteiger partial charge in [-0.2, -0.15) is 0 Å². The number of aromatic hydroxyl groups is 1. The third-order valence-corrected chi connectivity index (χ3v) is 3.75. The fourth-order valence-corrected chi connectivity index (χ4v) is 2.61. The van der Waals surface area contributed by atoms with Gasteiger partial charge in [-0.1, -0.05) is 15.9 Å². The molecule has 1 atom stereocenters. The highest BCUT2D eigenvalue weighted by Gasteiger charge is 2.25. The van der Waals surface area contributed by atoms with Crippen molar-refractivity contribution in [3.63, 3.8) is 0 Å². The molecule has 1 unspecified atom stereocenters. The molecule has 0 aromatic heterocycles. The number of rotatable bonds is 2. The van der Waals surface area contributed by atoms with Gasteiger partial charge in [-0.25, -0.2) is 0 Å². The highest BCUT2D eigenvalue weighted by Crippen LogP contribution is 2.25. The van der Waals surface area contributed by atoms with Gasteiger partial charge >= 0.3 is 0 Å². The third kappa shape index (κ3) is 2.84. The zero-order chi connectivity index (χ0) is 13.1. The Kier molecular flexibility index (Phi) is 4.24. The molecule has 0 radical (unpaired) electrons. The first-order valence-corrected chi connectivity index (χ1v) is 6.79. The average Bonchev–Trinajstić information content (AvgIpc) is 2.41. The normalized spacial score (nSPS) is 19.9. The van der Waals surface area contributed by atoms with Crippen LogP contribution in [0.5, 0.6) is 5.75 Å². The molecule has 1 aromatic rings. The van der Waals surface area contributed by atoms with Crippen LogP contribution in [0.1, 0.15) is 23.2 Å². The molecule has 1 saturated heterocycles. The van der Waals surface area contributed by atoms with Crippen LogP contribution in [0.2, 0.25) is 0 Å². The Hall–Kier alpha value is -1.07. The van der Waals surface area contributed by atoms with Crippen LogP contribution < -0.4 is 0 Å². The topological polar surface area (TPSA) is 60.8 Å². The molecule has 0 saturated carbocycles. The Bertz CT molecular complexity index is 450. The van der Waals surface area contributed by atoms with Gasteiger partial charge in [-0.3, -0.25) is 4.79 Å². The second kappa shape index (κ2) is 5.71. The van der Waals surface area contributed by atoms with E-state index in [1.807, 2.05) is 0 Å². The van der Waals surface area contributed by atoms with Gasteiger partial charge in [-0.05, 0) is 37.0 Å². The molecule has 1 amide bonds. The highest BCUT2D eigenvalue weighted by molar-refractivity contribution is 9.10. The molecular weight excluding hydrogens is 298 g/mol. The maximum atomic E-state index is 12.3. The van der Waals surface area contributed by atoms with Crippen molar-refractivity contribution in [1.82, 2.24) is 4.90 Å². The summed E-state index contributed by atoms with van der Waals surface area (Å²) < 4.78 is 0.763. The van der Waals surface area contributed by atoms with E-state index in [4.69, 9.17) is 5.11 Å². The van der Waals surface area contributed by atoms with E-state index >= 15 is 0 Å². The number of phenolic OH excluding ortho intramolecular Hbond substituents is 1. The molecule has 1 aliphatic heterocycles. The van der Waals surface area contributed by atoms with Crippen molar-refractivity contribution < 1.29 is 15.0 Å². The summed E-state index contributed by atoms with van der Waals surface area (Å²) in [6, 6.07) is 4.82. The van der Waals surface area contributed by atoms with Crippen LogP contribution in [0.4, 0.5) is 0 Å². The van der Waals surface area contributed by atoms with Gasteiger partial charge in [-0.15, -0.1) is 0 Å². The smallest absolute Gasteiger partial charge is 0.257 e. The SMILES string of the molecule is O=C(c1cc(Br)ccc1O)N1CCCC(CO)C1. The minimum atomic E-state index is -0.174. The summed E-state index contributed by atoms with van der Waals surface area (Å²) in [7, 11) is 0. The summed E-state index contributed by atoms with van der Waals surface area (Å²) in [6.07, 6.45) is 1.84. The van der Waals surface area contributed by atoms with Crippen molar-refractivity contribution in [2.24, 2.45) is 5.92 Å². The van der Waals surface area contributed by atoms with Crippen molar-refractivity contribution in [2.45, 2.75) is 12.8 Å². The summed E-state index contributed by atoms with van der Waals surface area (Å²) in [5.74, 6) is -0.0294. The van der Waals surface area contributed by atoms with Gasteiger partial charge < -0.3 is 15.1 Å². The maximum Gasteiger partial charge on any atom is 0.257 e. The van der Waals surface area contributed by atoms with Crippen molar-refractivity contribution in [3.8, 4) is 5.75 Å². The molecule has 98 valence electrons. The standard InChI is InChI=1S/C13H16BrNO3/c14-10-3-4-12(17)11(6-10)13(18)15-5-1-2-9(7-15)8-16/h3-4,6,9,16-17H,1-2,5,7-8H2. The minimum Gasteiger partial charge on any atom is -0.507 e. The molecule has 2 rings (SSSR count). The number of amides is 1. The molecule has 4 nitrogen and oxygen atoms in total. The molecule has 18 heavy (non-hydrogen) atoms. The minimum absolute atomic E-state index is 0.00526. The number of phenols is 1. The Morgan fingerprint density at radius 1 is 1.50 bits per heavy atom. The predicted octanol–water partition coefficient (Wildman–Crippen LogP) is 2.00. The Morgan fingerprint density at radius 2 is 2.28 bits per heavy atom. The first kappa shape index (κ1) is 13.4. The van der Waals surface area contributed by atoms with E-state index in [2.05, 4.69) is 15.9 Å². The second-order valence-electron chi connectivity index (χ2n) is 4.60. The lowest BCUT2D eigenvalue weighted by atomic mass is 9.98. The molecular formula is C13H16BrNO3. The van der Waals surface area contributed by atoms with E-state index in [-0.39, 0.29) is 24.2 Å².